The van der Waals surface area contributed by atoms with Gasteiger partial charge in [0, 0.05) is 43.0 Å². The molecule has 0 radical (unpaired) electrons. The van der Waals surface area contributed by atoms with Gasteiger partial charge in [0.1, 0.15) is 5.82 Å². The highest BCUT2D eigenvalue weighted by molar-refractivity contribution is 5.24. The van der Waals surface area contributed by atoms with Crippen LogP contribution in [0.2, 0.25) is 0 Å². The number of likely N-dealkylation sites (tertiary alicyclic amines) is 1. The molecule has 0 saturated carbocycles. The van der Waals surface area contributed by atoms with Crippen LogP contribution in [0.5, 0.6) is 0 Å². The molecule has 3 heterocycles. The summed E-state index contributed by atoms with van der Waals surface area (Å²) in [5, 5.41) is 3.19. The molecule has 7 nitrogen and oxygen atoms in total. The molecule has 0 aliphatic carbocycles. The highest BCUT2D eigenvalue weighted by atomic mass is 16.1. The summed E-state index contributed by atoms with van der Waals surface area (Å²) in [5.74, 6) is 1.76. The van der Waals surface area contributed by atoms with Crippen LogP contribution in [0, 0.1) is 6.92 Å². The number of aromatic nitrogens is 4. The number of aromatic amines is 1. The largest absolute Gasteiger partial charge is 0.354 e. The fourth-order valence-electron chi connectivity index (χ4n) is 3.22. The maximum atomic E-state index is 11.6. The third-order valence-electron chi connectivity index (χ3n) is 4.53. The number of piperidine rings is 1. The molecule has 7 heteroatoms. The van der Waals surface area contributed by atoms with E-state index in [0.29, 0.717) is 17.7 Å². The summed E-state index contributed by atoms with van der Waals surface area (Å²) < 4.78 is 0. The van der Waals surface area contributed by atoms with E-state index in [1.807, 2.05) is 19.3 Å². The molecular weight excluding hydrogens is 316 g/mol. The molecule has 2 aromatic rings. The van der Waals surface area contributed by atoms with E-state index in [9.17, 15) is 4.79 Å². The molecule has 25 heavy (non-hydrogen) atoms. The lowest BCUT2D eigenvalue weighted by molar-refractivity contribution is 0.202. The summed E-state index contributed by atoms with van der Waals surface area (Å²) in [5.41, 5.74) is 2.00. The Labute approximate surface area is 147 Å². The minimum Gasteiger partial charge on any atom is -0.354 e. The number of aryl methyl sites for hydroxylation is 1. The molecule has 0 unspecified atom stereocenters. The van der Waals surface area contributed by atoms with Crippen molar-refractivity contribution in [2.24, 2.45) is 0 Å². The smallest absolute Gasteiger partial charge is 0.251 e. The van der Waals surface area contributed by atoms with Crippen LogP contribution in [-0.4, -0.2) is 44.5 Å². The Morgan fingerprint density at radius 2 is 2.00 bits per heavy atom. The number of nitrogens with one attached hydrogen (secondary N) is 2. The van der Waals surface area contributed by atoms with E-state index in [-0.39, 0.29) is 5.56 Å². The van der Waals surface area contributed by atoms with Crippen LogP contribution in [0.25, 0.3) is 0 Å². The number of rotatable bonds is 6. The van der Waals surface area contributed by atoms with E-state index in [0.717, 1.165) is 56.7 Å². The Hall–Kier alpha value is -2.28. The minimum absolute atomic E-state index is 0.0566. The normalized spacial score (nSPS) is 16.1. The monoisotopic (exact) mass is 342 g/mol. The third kappa shape index (κ3) is 4.85. The Bertz CT molecular complexity index is 734. The van der Waals surface area contributed by atoms with Crippen molar-refractivity contribution in [2.45, 2.75) is 45.6 Å². The number of nitrogens with zero attached hydrogens (tertiary/aromatic N) is 4. The number of hydrogen-bond acceptors (Lipinski definition) is 6. The van der Waals surface area contributed by atoms with Gasteiger partial charge in [-0.1, -0.05) is 6.92 Å². The minimum atomic E-state index is -0.0566. The first-order valence-corrected chi connectivity index (χ1v) is 8.99. The molecular formula is C18H26N6O. The van der Waals surface area contributed by atoms with Crippen molar-refractivity contribution < 1.29 is 0 Å². The zero-order valence-corrected chi connectivity index (χ0v) is 15.0. The number of anilines is 1. The first kappa shape index (κ1) is 17.5. The number of H-pyrrole nitrogens is 1. The van der Waals surface area contributed by atoms with Crippen LogP contribution < -0.4 is 10.9 Å². The van der Waals surface area contributed by atoms with Crippen LogP contribution in [0.1, 0.15) is 49.2 Å². The van der Waals surface area contributed by atoms with E-state index >= 15 is 0 Å². The van der Waals surface area contributed by atoms with Crippen molar-refractivity contribution in [3.8, 4) is 0 Å². The van der Waals surface area contributed by atoms with Gasteiger partial charge in [0.2, 0.25) is 5.95 Å². The molecule has 1 aliphatic heterocycles. The lowest BCUT2D eigenvalue weighted by Crippen LogP contribution is -2.33. The second-order valence-electron chi connectivity index (χ2n) is 6.65. The highest BCUT2D eigenvalue weighted by Crippen LogP contribution is 2.26. The van der Waals surface area contributed by atoms with E-state index in [1.54, 1.807) is 6.07 Å². The van der Waals surface area contributed by atoms with Crippen molar-refractivity contribution in [1.82, 2.24) is 24.8 Å². The van der Waals surface area contributed by atoms with Crippen LogP contribution >= 0.6 is 0 Å². The van der Waals surface area contributed by atoms with Gasteiger partial charge >= 0.3 is 0 Å². The van der Waals surface area contributed by atoms with E-state index in [4.69, 9.17) is 0 Å². The summed E-state index contributed by atoms with van der Waals surface area (Å²) in [4.78, 5) is 30.0. The van der Waals surface area contributed by atoms with Gasteiger partial charge < -0.3 is 10.3 Å². The molecule has 0 bridgehead atoms. The van der Waals surface area contributed by atoms with Gasteiger partial charge in [-0.25, -0.2) is 15.0 Å². The maximum Gasteiger partial charge on any atom is 0.251 e. The van der Waals surface area contributed by atoms with Gasteiger partial charge in [-0.2, -0.15) is 0 Å². The fraction of sp³-hybridized carbons (Fsp3) is 0.556. The van der Waals surface area contributed by atoms with Gasteiger partial charge in [-0.3, -0.25) is 9.69 Å². The highest BCUT2D eigenvalue weighted by Gasteiger charge is 2.22. The zero-order valence-electron chi connectivity index (χ0n) is 15.0. The van der Waals surface area contributed by atoms with Gasteiger partial charge in [0.25, 0.3) is 5.56 Å². The van der Waals surface area contributed by atoms with Crippen molar-refractivity contribution in [3.05, 3.63) is 45.9 Å². The van der Waals surface area contributed by atoms with E-state index < -0.39 is 0 Å². The Morgan fingerprint density at radius 3 is 2.64 bits per heavy atom. The van der Waals surface area contributed by atoms with Crippen LogP contribution in [0.15, 0.2) is 23.3 Å². The quantitative estimate of drug-likeness (QED) is 0.836. The average molecular weight is 342 g/mol. The second kappa shape index (κ2) is 8.20. The van der Waals surface area contributed by atoms with Crippen molar-refractivity contribution in [1.29, 1.82) is 0 Å². The summed E-state index contributed by atoms with van der Waals surface area (Å²) in [6, 6.07) is 1.64. The van der Waals surface area contributed by atoms with Gasteiger partial charge in [-0.05, 0) is 39.3 Å². The van der Waals surface area contributed by atoms with Gasteiger partial charge in [0.05, 0.1) is 5.69 Å². The van der Waals surface area contributed by atoms with E-state index in [1.165, 1.54) is 0 Å². The Balaban J connectivity index is 1.53. The topological polar surface area (TPSA) is 86.8 Å². The van der Waals surface area contributed by atoms with E-state index in [2.05, 4.69) is 37.1 Å². The maximum absolute atomic E-state index is 11.6. The SMILES string of the molecule is CCCNc1ncc(CN2CCC(c3cc(=O)[nH]c(C)n3)CC2)cn1. The molecule has 3 rings (SSSR count). The molecule has 1 fully saturated rings. The standard InChI is InChI=1S/C18H26N6O/c1-3-6-19-18-20-10-14(11-21-18)12-24-7-4-15(5-8-24)16-9-17(25)23-13(2)22-16/h9-11,15H,3-8,12H2,1-2H3,(H,19,20,21)(H,22,23,25). The molecule has 0 aromatic carbocycles. The average Bonchev–Trinajstić information content (AvgIpc) is 2.61. The fourth-order valence-corrected chi connectivity index (χ4v) is 3.22. The van der Waals surface area contributed by atoms with Crippen LogP contribution in [-0.2, 0) is 6.54 Å². The zero-order chi connectivity index (χ0) is 17.6. The van der Waals surface area contributed by atoms with Crippen molar-refractivity contribution in [3.63, 3.8) is 0 Å². The first-order valence-electron chi connectivity index (χ1n) is 8.99. The predicted molar refractivity (Wildman–Crippen MR) is 97.7 cm³/mol. The molecule has 1 saturated heterocycles. The molecule has 134 valence electrons. The van der Waals surface area contributed by atoms with Gasteiger partial charge in [0.15, 0.2) is 0 Å². The Kier molecular flexibility index (Phi) is 5.75. The molecule has 0 atom stereocenters. The second-order valence-corrected chi connectivity index (χ2v) is 6.65. The van der Waals surface area contributed by atoms with Gasteiger partial charge in [-0.15, -0.1) is 0 Å². The lowest BCUT2D eigenvalue weighted by atomic mass is 9.93. The van der Waals surface area contributed by atoms with Crippen molar-refractivity contribution >= 4 is 5.95 Å². The number of hydrogen-bond donors (Lipinski definition) is 2. The summed E-state index contributed by atoms with van der Waals surface area (Å²) in [6.45, 7) is 7.69. The lowest BCUT2D eigenvalue weighted by Gasteiger charge is -2.31. The van der Waals surface area contributed by atoms with Crippen LogP contribution in [0.4, 0.5) is 5.95 Å². The molecule has 1 aliphatic rings. The Morgan fingerprint density at radius 1 is 1.28 bits per heavy atom. The molecule has 2 N–H and O–H groups in total. The van der Waals surface area contributed by atoms with Crippen LogP contribution in [0.3, 0.4) is 0 Å². The third-order valence-corrected chi connectivity index (χ3v) is 4.53. The summed E-state index contributed by atoms with van der Waals surface area (Å²) in [7, 11) is 0. The molecule has 2 aromatic heterocycles. The summed E-state index contributed by atoms with van der Waals surface area (Å²) >= 11 is 0. The summed E-state index contributed by atoms with van der Waals surface area (Å²) in [6.07, 6.45) is 6.90. The first-order chi connectivity index (χ1) is 12.1. The van der Waals surface area contributed by atoms with Crippen molar-refractivity contribution in [2.75, 3.05) is 25.0 Å². The molecule has 0 spiro atoms. The molecule has 0 amide bonds. The predicted octanol–water partition coefficient (Wildman–Crippen LogP) is 2.07.